The molecule has 0 saturated carbocycles. The SMILES string of the molecule is Cc1ccnc(OCC(C)(C)N)c1[N+](=O)[O-]. The van der Waals surface area contributed by atoms with Crippen LogP contribution in [0.2, 0.25) is 0 Å². The molecule has 1 rings (SSSR count). The first-order chi connectivity index (χ1) is 7.31. The topological polar surface area (TPSA) is 91.3 Å². The first-order valence-electron chi connectivity index (χ1n) is 4.83. The number of nitrogens with zero attached hydrogens (tertiary/aromatic N) is 2. The van der Waals surface area contributed by atoms with Gasteiger partial charge in [-0.25, -0.2) is 4.98 Å². The van der Waals surface area contributed by atoms with Gasteiger partial charge in [-0.3, -0.25) is 10.1 Å². The summed E-state index contributed by atoms with van der Waals surface area (Å²) in [6.45, 7) is 5.35. The first kappa shape index (κ1) is 12.4. The Bertz CT molecular complexity index is 399. The average molecular weight is 225 g/mol. The largest absolute Gasteiger partial charge is 0.471 e. The number of aromatic nitrogens is 1. The van der Waals surface area contributed by atoms with Crippen LogP contribution >= 0.6 is 0 Å². The van der Waals surface area contributed by atoms with Crippen molar-refractivity contribution in [1.82, 2.24) is 4.98 Å². The predicted octanol–water partition coefficient (Wildman–Crippen LogP) is 1.41. The molecule has 6 nitrogen and oxygen atoms in total. The van der Waals surface area contributed by atoms with Crippen LogP contribution in [0.25, 0.3) is 0 Å². The van der Waals surface area contributed by atoms with Gasteiger partial charge in [0.15, 0.2) is 0 Å². The van der Waals surface area contributed by atoms with E-state index >= 15 is 0 Å². The van der Waals surface area contributed by atoms with Gasteiger partial charge in [0.1, 0.15) is 6.61 Å². The van der Waals surface area contributed by atoms with Crippen molar-refractivity contribution < 1.29 is 9.66 Å². The second kappa shape index (κ2) is 4.44. The van der Waals surface area contributed by atoms with E-state index in [1.165, 1.54) is 6.20 Å². The first-order valence-corrected chi connectivity index (χ1v) is 4.83. The third-order valence-corrected chi connectivity index (χ3v) is 1.86. The zero-order valence-corrected chi connectivity index (χ0v) is 9.56. The molecule has 0 aliphatic heterocycles. The van der Waals surface area contributed by atoms with E-state index < -0.39 is 10.5 Å². The Morgan fingerprint density at radius 1 is 1.62 bits per heavy atom. The van der Waals surface area contributed by atoms with Crippen molar-refractivity contribution in [3.8, 4) is 5.88 Å². The van der Waals surface area contributed by atoms with Crippen molar-refractivity contribution in [1.29, 1.82) is 0 Å². The van der Waals surface area contributed by atoms with Crippen LogP contribution < -0.4 is 10.5 Å². The molecule has 0 fully saturated rings. The number of ether oxygens (including phenoxy) is 1. The second-order valence-electron chi connectivity index (χ2n) is 4.32. The van der Waals surface area contributed by atoms with Crippen LogP contribution in [0.1, 0.15) is 19.4 Å². The molecule has 0 aliphatic carbocycles. The molecule has 0 spiro atoms. The van der Waals surface area contributed by atoms with Gasteiger partial charge in [-0.05, 0) is 26.8 Å². The van der Waals surface area contributed by atoms with Crippen molar-refractivity contribution in [3.63, 3.8) is 0 Å². The van der Waals surface area contributed by atoms with Crippen LogP contribution in [0.15, 0.2) is 12.3 Å². The summed E-state index contributed by atoms with van der Waals surface area (Å²) in [6.07, 6.45) is 1.47. The lowest BCUT2D eigenvalue weighted by Crippen LogP contribution is -2.38. The summed E-state index contributed by atoms with van der Waals surface area (Å²) < 4.78 is 5.27. The predicted molar refractivity (Wildman–Crippen MR) is 59.4 cm³/mol. The number of pyridine rings is 1. The smallest absolute Gasteiger partial charge is 0.333 e. The van der Waals surface area contributed by atoms with E-state index in [9.17, 15) is 10.1 Å². The summed E-state index contributed by atoms with van der Waals surface area (Å²) in [6, 6.07) is 1.57. The maximum absolute atomic E-state index is 10.8. The highest BCUT2D eigenvalue weighted by Gasteiger charge is 2.22. The normalized spacial score (nSPS) is 11.2. The lowest BCUT2D eigenvalue weighted by Gasteiger charge is -2.18. The quantitative estimate of drug-likeness (QED) is 0.618. The Kier molecular flexibility index (Phi) is 3.44. The van der Waals surface area contributed by atoms with Gasteiger partial charge in [-0.15, -0.1) is 0 Å². The van der Waals surface area contributed by atoms with Gasteiger partial charge in [0.2, 0.25) is 0 Å². The molecule has 16 heavy (non-hydrogen) atoms. The molecule has 0 atom stereocenters. The summed E-state index contributed by atoms with van der Waals surface area (Å²) in [7, 11) is 0. The molecular weight excluding hydrogens is 210 g/mol. The third kappa shape index (κ3) is 3.16. The summed E-state index contributed by atoms with van der Waals surface area (Å²) >= 11 is 0. The van der Waals surface area contributed by atoms with Crippen molar-refractivity contribution in [2.24, 2.45) is 5.73 Å². The van der Waals surface area contributed by atoms with E-state index in [0.29, 0.717) is 5.56 Å². The van der Waals surface area contributed by atoms with Gasteiger partial charge in [-0.1, -0.05) is 0 Å². The molecule has 0 saturated heterocycles. The van der Waals surface area contributed by atoms with Gasteiger partial charge < -0.3 is 10.5 Å². The molecule has 1 aromatic rings. The Morgan fingerprint density at radius 2 is 2.25 bits per heavy atom. The molecule has 2 N–H and O–H groups in total. The number of nitrogens with two attached hydrogens (primary N) is 1. The van der Waals surface area contributed by atoms with E-state index in [-0.39, 0.29) is 18.2 Å². The highest BCUT2D eigenvalue weighted by atomic mass is 16.6. The molecule has 0 unspecified atom stereocenters. The van der Waals surface area contributed by atoms with E-state index in [0.717, 1.165) is 0 Å². The Balaban J connectivity index is 2.96. The third-order valence-electron chi connectivity index (χ3n) is 1.86. The minimum absolute atomic E-state index is 0.0172. The fourth-order valence-corrected chi connectivity index (χ4v) is 1.11. The zero-order valence-electron chi connectivity index (χ0n) is 9.56. The lowest BCUT2D eigenvalue weighted by molar-refractivity contribution is -0.386. The molecule has 1 heterocycles. The van der Waals surface area contributed by atoms with Crippen LogP contribution in [0.5, 0.6) is 5.88 Å². The summed E-state index contributed by atoms with van der Waals surface area (Å²) in [4.78, 5) is 14.2. The summed E-state index contributed by atoms with van der Waals surface area (Å²) in [5.41, 5.74) is 5.58. The van der Waals surface area contributed by atoms with Gasteiger partial charge in [-0.2, -0.15) is 0 Å². The fourth-order valence-electron chi connectivity index (χ4n) is 1.11. The van der Waals surface area contributed by atoms with Crippen LogP contribution in [0.4, 0.5) is 5.69 Å². The van der Waals surface area contributed by atoms with Crippen LogP contribution in [0.3, 0.4) is 0 Å². The van der Waals surface area contributed by atoms with Crippen LogP contribution in [-0.2, 0) is 0 Å². The standard InChI is InChI=1S/C10H15N3O3/c1-7-4-5-12-9(8(7)13(14)15)16-6-10(2,3)11/h4-5H,6,11H2,1-3H3. The van der Waals surface area contributed by atoms with E-state index in [1.807, 2.05) is 0 Å². The van der Waals surface area contributed by atoms with Crippen molar-refractivity contribution in [2.45, 2.75) is 26.3 Å². The molecule has 6 heteroatoms. The summed E-state index contributed by atoms with van der Waals surface area (Å²) in [5, 5.41) is 10.8. The molecular formula is C10H15N3O3. The van der Waals surface area contributed by atoms with Crippen molar-refractivity contribution in [2.75, 3.05) is 6.61 Å². The molecule has 88 valence electrons. The van der Waals surface area contributed by atoms with Crippen LogP contribution in [0, 0.1) is 17.0 Å². The average Bonchev–Trinajstić information content (AvgIpc) is 2.12. The highest BCUT2D eigenvalue weighted by Crippen LogP contribution is 2.27. The number of hydrogen-bond donors (Lipinski definition) is 1. The Morgan fingerprint density at radius 3 is 2.75 bits per heavy atom. The van der Waals surface area contributed by atoms with E-state index in [1.54, 1.807) is 26.8 Å². The fraction of sp³-hybridized carbons (Fsp3) is 0.500. The molecule has 0 radical (unpaired) electrons. The zero-order chi connectivity index (χ0) is 12.3. The summed E-state index contributed by atoms with van der Waals surface area (Å²) in [5.74, 6) is 0.0172. The van der Waals surface area contributed by atoms with Crippen LogP contribution in [-0.4, -0.2) is 22.1 Å². The minimum Gasteiger partial charge on any atom is -0.471 e. The highest BCUT2D eigenvalue weighted by molar-refractivity contribution is 5.47. The maximum Gasteiger partial charge on any atom is 0.333 e. The van der Waals surface area contributed by atoms with Crippen molar-refractivity contribution >= 4 is 5.69 Å². The van der Waals surface area contributed by atoms with Gasteiger partial charge >= 0.3 is 5.69 Å². The number of rotatable bonds is 4. The number of aryl methyl sites for hydroxylation is 1. The van der Waals surface area contributed by atoms with E-state index in [4.69, 9.17) is 10.5 Å². The van der Waals surface area contributed by atoms with Gasteiger partial charge in [0.05, 0.1) is 4.92 Å². The number of hydrogen-bond acceptors (Lipinski definition) is 5. The maximum atomic E-state index is 10.8. The molecule has 0 amide bonds. The van der Waals surface area contributed by atoms with Gasteiger partial charge in [0, 0.05) is 17.3 Å². The van der Waals surface area contributed by atoms with Gasteiger partial charge in [0.25, 0.3) is 5.88 Å². The number of nitro groups is 1. The molecule has 0 bridgehead atoms. The Labute approximate surface area is 93.6 Å². The molecule has 0 aromatic carbocycles. The molecule has 1 aromatic heterocycles. The van der Waals surface area contributed by atoms with Crippen molar-refractivity contribution in [3.05, 3.63) is 27.9 Å². The van der Waals surface area contributed by atoms with E-state index in [2.05, 4.69) is 4.98 Å². The minimum atomic E-state index is -0.556. The molecule has 0 aliphatic rings. The lowest BCUT2D eigenvalue weighted by atomic mass is 10.1. The Hall–Kier alpha value is -1.69. The monoisotopic (exact) mass is 225 g/mol. The second-order valence-corrected chi connectivity index (χ2v) is 4.32.